The van der Waals surface area contributed by atoms with Crippen molar-refractivity contribution in [3.8, 4) is 5.82 Å². The van der Waals surface area contributed by atoms with Gasteiger partial charge in [0.1, 0.15) is 12.1 Å². The smallest absolute Gasteiger partial charge is 0.229 e. The van der Waals surface area contributed by atoms with Crippen LogP contribution in [0.2, 0.25) is 5.02 Å². The van der Waals surface area contributed by atoms with Crippen LogP contribution in [0, 0.1) is 11.7 Å². The molecule has 0 bridgehead atoms. The molecule has 1 fully saturated rings. The summed E-state index contributed by atoms with van der Waals surface area (Å²) in [4.78, 5) is 18.7. The molecule has 0 spiro atoms. The maximum Gasteiger partial charge on any atom is 0.229 e. The predicted molar refractivity (Wildman–Crippen MR) is 104 cm³/mol. The second kappa shape index (κ2) is 7.93. The van der Waals surface area contributed by atoms with Gasteiger partial charge in [-0.25, -0.2) is 9.37 Å². The standard InChI is InChI=1S/C19H18ClFN6O/c20-15-10-14(3-4-16(15)21)23-19(28)13-2-1-8-26(11-13)17-5-6-18(25-24-17)27-9-7-22-12-27/h3-7,9-10,12-13H,1-2,8,11H2,(H,23,28). The number of nitrogens with one attached hydrogen (secondary N) is 1. The van der Waals surface area contributed by atoms with E-state index < -0.39 is 5.82 Å². The van der Waals surface area contributed by atoms with Crippen molar-refractivity contribution in [2.24, 2.45) is 5.92 Å². The monoisotopic (exact) mass is 400 g/mol. The molecule has 3 heterocycles. The van der Waals surface area contributed by atoms with Gasteiger partial charge in [-0.2, -0.15) is 0 Å². The molecule has 1 aliphatic rings. The molecule has 1 unspecified atom stereocenters. The average Bonchev–Trinajstić information content (AvgIpc) is 3.26. The third-order valence-electron chi connectivity index (χ3n) is 4.71. The summed E-state index contributed by atoms with van der Waals surface area (Å²) < 4.78 is 15.1. The molecule has 144 valence electrons. The highest BCUT2D eigenvalue weighted by atomic mass is 35.5. The highest BCUT2D eigenvalue weighted by Crippen LogP contribution is 2.24. The van der Waals surface area contributed by atoms with Gasteiger partial charge in [0.2, 0.25) is 5.91 Å². The number of nitrogens with zero attached hydrogens (tertiary/aromatic N) is 5. The molecular weight excluding hydrogens is 383 g/mol. The maximum absolute atomic E-state index is 13.3. The summed E-state index contributed by atoms with van der Waals surface area (Å²) in [6.07, 6.45) is 6.78. The number of imidazole rings is 1. The third kappa shape index (κ3) is 3.96. The number of aromatic nitrogens is 4. The third-order valence-corrected chi connectivity index (χ3v) is 5.00. The second-order valence-corrected chi connectivity index (χ2v) is 7.03. The molecule has 1 saturated heterocycles. The lowest BCUT2D eigenvalue weighted by Gasteiger charge is -2.32. The number of hydrogen-bond acceptors (Lipinski definition) is 5. The van der Waals surface area contributed by atoms with Crippen LogP contribution in [0.1, 0.15) is 12.8 Å². The zero-order valence-electron chi connectivity index (χ0n) is 14.9. The van der Waals surface area contributed by atoms with Crippen molar-refractivity contribution in [1.82, 2.24) is 19.7 Å². The summed E-state index contributed by atoms with van der Waals surface area (Å²) in [5.41, 5.74) is 0.484. The van der Waals surface area contributed by atoms with Gasteiger partial charge in [0.15, 0.2) is 11.6 Å². The minimum absolute atomic E-state index is 0.0173. The van der Waals surface area contributed by atoms with Crippen molar-refractivity contribution < 1.29 is 9.18 Å². The minimum atomic E-state index is -0.513. The number of anilines is 2. The molecule has 0 radical (unpaired) electrons. The van der Waals surface area contributed by atoms with Crippen molar-refractivity contribution in [3.63, 3.8) is 0 Å². The summed E-state index contributed by atoms with van der Waals surface area (Å²) in [6.45, 7) is 1.35. The van der Waals surface area contributed by atoms with Gasteiger partial charge in [0, 0.05) is 31.2 Å². The Balaban J connectivity index is 1.42. The number of benzene rings is 1. The Bertz CT molecular complexity index is 963. The van der Waals surface area contributed by atoms with Crippen LogP contribution in [0.25, 0.3) is 5.82 Å². The van der Waals surface area contributed by atoms with Crippen LogP contribution in [0.4, 0.5) is 15.9 Å². The number of carbonyl (C=O) groups is 1. The molecule has 3 aromatic rings. The van der Waals surface area contributed by atoms with Crippen LogP contribution in [-0.4, -0.2) is 38.7 Å². The predicted octanol–water partition coefficient (Wildman–Crippen LogP) is 3.31. The van der Waals surface area contributed by atoms with Crippen LogP contribution in [0.3, 0.4) is 0 Å². The average molecular weight is 401 g/mol. The Hall–Kier alpha value is -3.00. The summed E-state index contributed by atoms with van der Waals surface area (Å²) in [5, 5.41) is 11.3. The lowest BCUT2D eigenvalue weighted by atomic mass is 9.97. The van der Waals surface area contributed by atoms with E-state index in [2.05, 4.69) is 25.4 Å². The summed E-state index contributed by atoms with van der Waals surface area (Å²) >= 11 is 5.78. The Morgan fingerprint density at radius 3 is 2.75 bits per heavy atom. The number of amides is 1. The lowest BCUT2D eigenvalue weighted by molar-refractivity contribution is -0.120. The number of halogens is 2. The molecule has 28 heavy (non-hydrogen) atoms. The Morgan fingerprint density at radius 1 is 1.21 bits per heavy atom. The van der Waals surface area contributed by atoms with E-state index in [0.29, 0.717) is 18.1 Å². The Morgan fingerprint density at radius 2 is 2.04 bits per heavy atom. The number of piperidine rings is 1. The highest BCUT2D eigenvalue weighted by Gasteiger charge is 2.27. The van der Waals surface area contributed by atoms with Gasteiger partial charge in [-0.05, 0) is 43.2 Å². The van der Waals surface area contributed by atoms with Gasteiger partial charge in [-0.15, -0.1) is 10.2 Å². The first-order valence-electron chi connectivity index (χ1n) is 8.93. The number of hydrogen-bond donors (Lipinski definition) is 1. The van der Waals surface area contributed by atoms with E-state index in [1.807, 2.05) is 12.1 Å². The van der Waals surface area contributed by atoms with Gasteiger partial charge in [-0.3, -0.25) is 9.36 Å². The summed E-state index contributed by atoms with van der Waals surface area (Å²) in [7, 11) is 0. The minimum Gasteiger partial charge on any atom is -0.354 e. The topological polar surface area (TPSA) is 75.9 Å². The SMILES string of the molecule is O=C(Nc1ccc(F)c(Cl)c1)C1CCCN(c2ccc(-n3ccnc3)nn2)C1. The second-order valence-electron chi connectivity index (χ2n) is 6.62. The van der Waals surface area contributed by atoms with Crippen LogP contribution in [0.15, 0.2) is 49.1 Å². The molecule has 1 amide bonds. The zero-order chi connectivity index (χ0) is 19.5. The molecule has 1 atom stereocenters. The van der Waals surface area contributed by atoms with Crippen molar-refractivity contribution in [3.05, 3.63) is 59.9 Å². The first-order valence-corrected chi connectivity index (χ1v) is 9.31. The van der Waals surface area contributed by atoms with E-state index >= 15 is 0 Å². The maximum atomic E-state index is 13.3. The molecule has 0 aliphatic carbocycles. The molecule has 9 heteroatoms. The molecule has 1 aromatic carbocycles. The molecule has 1 N–H and O–H groups in total. The Labute approximate surface area is 166 Å². The van der Waals surface area contributed by atoms with Crippen molar-refractivity contribution in [2.45, 2.75) is 12.8 Å². The molecular formula is C19H18ClFN6O. The van der Waals surface area contributed by atoms with Crippen LogP contribution < -0.4 is 10.2 Å². The van der Waals surface area contributed by atoms with E-state index in [-0.39, 0.29) is 16.8 Å². The Kier molecular flexibility index (Phi) is 5.21. The van der Waals surface area contributed by atoms with Gasteiger partial charge in [0.05, 0.1) is 10.9 Å². The van der Waals surface area contributed by atoms with E-state index in [0.717, 1.165) is 25.2 Å². The van der Waals surface area contributed by atoms with Crippen molar-refractivity contribution in [2.75, 3.05) is 23.3 Å². The van der Waals surface area contributed by atoms with Gasteiger partial charge in [0.25, 0.3) is 0 Å². The van der Waals surface area contributed by atoms with Crippen LogP contribution in [-0.2, 0) is 4.79 Å². The lowest BCUT2D eigenvalue weighted by Crippen LogP contribution is -2.41. The zero-order valence-corrected chi connectivity index (χ0v) is 15.7. The first-order chi connectivity index (χ1) is 13.6. The van der Waals surface area contributed by atoms with Gasteiger partial charge >= 0.3 is 0 Å². The molecule has 4 rings (SSSR count). The normalized spacial score (nSPS) is 16.8. The van der Waals surface area contributed by atoms with E-state index in [9.17, 15) is 9.18 Å². The quantitative estimate of drug-likeness (QED) is 0.727. The summed E-state index contributed by atoms with van der Waals surface area (Å²) in [5.74, 6) is 0.580. The molecule has 2 aromatic heterocycles. The van der Waals surface area contributed by atoms with Crippen LogP contribution >= 0.6 is 11.6 Å². The highest BCUT2D eigenvalue weighted by molar-refractivity contribution is 6.31. The number of rotatable bonds is 4. The van der Waals surface area contributed by atoms with Crippen molar-refractivity contribution >= 4 is 29.0 Å². The molecule has 0 saturated carbocycles. The van der Waals surface area contributed by atoms with Crippen molar-refractivity contribution in [1.29, 1.82) is 0 Å². The fourth-order valence-electron chi connectivity index (χ4n) is 3.24. The molecule has 1 aliphatic heterocycles. The number of carbonyl (C=O) groups excluding carboxylic acids is 1. The van der Waals surface area contributed by atoms with E-state index in [1.54, 1.807) is 23.3 Å². The van der Waals surface area contributed by atoms with Gasteiger partial charge < -0.3 is 10.2 Å². The largest absolute Gasteiger partial charge is 0.354 e. The first kappa shape index (κ1) is 18.4. The fraction of sp³-hybridized carbons (Fsp3) is 0.263. The molecule has 7 nitrogen and oxygen atoms in total. The van der Waals surface area contributed by atoms with E-state index in [1.165, 1.54) is 18.2 Å². The fourth-order valence-corrected chi connectivity index (χ4v) is 3.42. The summed E-state index contributed by atoms with van der Waals surface area (Å²) in [6, 6.07) is 7.91. The van der Waals surface area contributed by atoms with Gasteiger partial charge in [-0.1, -0.05) is 11.6 Å². The van der Waals surface area contributed by atoms with E-state index in [4.69, 9.17) is 11.6 Å². The van der Waals surface area contributed by atoms with Crippen LogP contribution in [0.5, 0.6) is 0 Å².